The zero-order valence-corrected chi connectivity index (χ0v) is 14.3. The van der Waals surface area contributed by atoms with Crippen molar-refractivity contribution in [1.82, 2.24) is 24.8 Å². The Morgan fingerprint density at radius 2 is 1.54 bits per heavy atom. The molecule has 0 saturated carbocycles. The van der Waals surface area contributed by atoms with Gasteiger partial charge in [0.25, 0.3) is 0 Å². The van der Waals surface area contributed by atoms with Gasteiger partial charge in [0.1, 0.15) is 5.82 Å². The Balaban J connectivity index is 1.57. The Labute approximate surface area is 140 Å². The first-order chi connectivity index (χ1) is 11.6. The molecule has 3 aromatic heterocycles. The summed E-state index contributed by atoms with van der Waals surface area (Å²) in [7, 11) is 0. The van der Waals surface area contributed by atoms with Gasteiger partial charge in [-0.05, 0) is 32.9 Å². The molecule has 0 spiro atoms. The molecule has 1 saturated heterocycles. The summed E-state index contributed by atoms with van der Waals surface area (Å²) >= 11 is 0. The predicted molar refractivity (Wildman–Crippen MR) is 93.7 cm³/mol. The number of anilines is 2. The summed E-state index contributed by atoms with van der Waals surface area (Å²) in [6, 6.07) is 8.19. The van der Waals surface area contributed by atoms with E-state index in [4.69, 9.17) is 0 Å². The number of piperazine rings is 1. The number of hydrogen-bond donors (Lipinski definition) is 0. The molecule has 0 aliphatic carbocycles. The average molecular weight is 323 g/mol. The molecule has 0 bridgehead atoms. The third kappa shape index (κ3) is 2.66. The second-order valence-electron chi connectivity index (χ2n) is 6.32. The first kappa shape index (κ1) is 14.9. The summed E-state index contributed by atoms with van der Waals surface area (Å²) in [6.07, 6.45) is 0. The predicted octanol–water partition coefficient (Wildman–Crippen LogP) is 1.77. The van der Waals surface area contributed by atoms with E-state index in [-0.39, 0.29) is 0 Å². The minimum Gasteiger partial charge on any atom is -0.353 e. The Morgan fingerprint density at radius 1 is 0.792 bits per heavy atom. The fraction of sp³-hybridized carbons (Fsp3) is 0.412. The van der Waals surface area contributed by atoms with Crippen molar-refractivity contribution in [2.75, 3.05) is 36.0 Å². The van der Waals surface area contributed by atoms with Gasteiger partial charge in [0.15, 0.2) is 11.5 Å². The lowest BCUT2D eigenvalue weighted by molar-refractivity contribution is 0.629. The minimum atomic E-state index is 0.911. The molecule has 3 aromatic rings. The van der Waals surface area contributed by atoms with Crippen LogP contribution in [-0.2, 0) is 0 Å². The number of fused-ring (bicyclic) bond motifs is 1. The lowest BCUT2D eigenvalue weighted by Crippen LogP contribution is -2.47. The van der Waals surface area contributed by atoms with E-state index in [0.717, 1.165) is 60.5 Å². The van der Waals surface area contributed by atoms with Gasteiger partial charge in [-0.15, -0.1) is 5.10 Å². The van der Waals surface area contributed by atoms with E-state index in [9.17, 15) is 0 Å². The standard InChI is InChI=1S/C17H21N7/c1-12-4-5-15(20-19-12)22-6-8-23(9-7-22)17-11-13(2)18-16-10-14(3)21-24(16)17/h4-5,10-11H,6-9H2,1-3H3. The number of rotatable bonds is 2. The van der Waals surface area contributed by atoms with Crippen LogP contribution in [0.15, 0.2) is 24.3 Å². The molecule has 1 fully saturated rings. The highest BCUT2D eigenvalue weighted by Gasteiger charge is 2.21. The van der Waals surface area contributed by atoms with E-state index in [1.54, 1.807) is 0 Å². The van der Waals surface area contributed by atoms with Crippen LogP contribution in [0.1, 0.15) is 17.1 Å². The van der Waals surface area contributed by atoms with Crippen molar-refractivity contribution < 1.29 is 0 Å². The largest absolute Gasteiger partial charge is 0.353 e. The molecule has 0 amide bonds. The fourth-order valence-electron chi connectivity index (χ4n) is 3.15. The zero-order valence-electron chi connectivity index (χ0n) is 14.3. The average Bonchev–Trinajstić information content (AvgIpc) is 2.95. The van der Waals surface area contributed by atoms with Gasteiger partial charge in [0, 0.05) is 44.0 Å². The second-order valence-corrected chi connectivity index (χ2v) is 6.32. The molecule has 0 N–H and O–H groups in total. The van der Waals surface area contributed by atoms with Gasteiger partial charge >= 0.3 is 0 Å². The van der Waals surface area contributed by atoms with Gasteiger partial charge in [-0.2, -0.15) is 14.7 Å². The highest BCUT2D eigenvalue weighted by Crippen LogP contribution is 2.21. The SMILES string of the molecule is Cc1ccc(N2CCN(c3cc(C)nc4cc(C)nn34)CC2)nn1. The van der Waals surface area contributed by atoms with E-state index in [0.29, 0.717) is 0 Å². The van der Waals surface area contributed by atoms with Crippen LogP contribution in [0.5, 0.6) is 0 Å². The Hall–Kier alpha value is -2.70. The number of hydrogen-bond acceptors (Lipinski definition) is 6. The Morgan fingerprint density at radius 3 is 2.25 bits per heavy atom. The summed E-state index contributed by atoms with van der Waals surface area (Å²) < 4.78 is 1.95. The van der Waals surface area contributed by atoms with Crippen molar-refractivity contribution in [3.63, 3.8) is 0 Å². The monoisotopic (exact) mass is 323 g/mol. The third-order valence-electron chi connectivity index (χ3n) is 4.37. The molecule has 0 aromatic carbocycles. The summed E-state index contributed by atoms with van der Waals surface area (Å²) in [5.74, 6) is 2.06. The van der Waals surface area contributed by atoms with Crippen molar-refractivity contribution in [3.05, 3.63) is 41.3 Å². The molecule has 0 atom stereocenters. The molecule has 1 aliphatic heterocycles. The Kier molecular flexibility index (Phi) is 3.55. The number of aromatic nitrogens is 5. The number of aryl methyl sites for hydroxylation is 3. The maximum absolute atomic E-state index is 4.59. The highest BCUT2D eigenvalue weighted by atomic mass is 15.4. The molecule has 24 heavy (non-hydrogen) atoms. The quantitative estimate of drug-likeness (QED) is 0.716. The van der Waals surface area contributed by atoms with Gasteiger partial charge in [-0.25, -0.2) is 4.98 Å². The maximum atomic E-state index is 4.59. The van der Waals surface area contributed by atoms with E-state index < -0.39 is 0 Å². The van der Waals surface area contributed by atoms with Crippen LogP contribution in [0.4, 0.5) is 11.6 Å². The van der Waals surface area contributed by atoms with Gasteiger partial charge in [-0.3, -0.25) is 0 Å². The van der Waals surface area contributed by atoms with Crippen LogP contribution in [0.3, 0.4) is 0 Å². The van der Waals surface area contributed by atoms with Crippen LogP contribution < -0.4 is 9.80 Å². The molecular weight excluding hydrogens is 302 g/mol. The molecule has 4 rings (SSSR count). The van der Waals surface area contributed by atoms with Crippen molar-refractivity contribution >= 4 is 17.3 Å². The van der Waals surface area contributed by atoms with E-state index in [1.807, 2.05) is 43.5 Å². The topological polar surface area (TPSA) is 62.5 Å². The molecule has 0 radical (unpaired) electrons. The van der Waals surface area contributed by atoms with Crippen LogP contribution >= 0.6 is 0 Å². The molecule has 0 unspecified atom stereocenters. The molecule has 1 aliphatic rings. The summed E-state index contributed by atoms with van der Waals surface area (Å²) in [5.41, 5.74) is 3.86. The first-order valence-corrected chi connectivity index (χ1v) is 8.24. The Bertz CT molecular complexity index is 861. The first-order valence-electron chi connectivity index (χ1n) is 8.24. The highest BCUT2D eigenvalue weighted by molar-refractivity contribution is 5.53. The summed E-state index contributed by atoms with van der Waals surface area (Å²) in [6.45, 7) is 9.67. The zero-order chi connectivity index (χ0) is 16.7. The maximum Gasteiger partial charge on any atom is 0.157 e. The molecule has 4 heterocycles. The molecule has 124 valence electrons. The molecule has 7 nitrogen and oxygen atoms in total. The molecular formula is C17H21N7. The summed E-state index contributed by atoms with van der Waals surface area (Å²) in [5, 5.41) is 13.0. The summed E-state index contributed by atoms with van der Waals surface area (Å²) in [4.78, 5) is 9.22. The van der Waals surface area contributed by atoms with Crippen LogP contribution in [-0.4, -0.2) is 51.0 Å². The van der Waals surface area contributed by atoms with Crippen molar-refractivity contribution in [1.29, 1.82) is 0 Å². The fourth-order valence-corrected chi connectivity index (χ4v) is 3.15. The van der Waals surface area contributed by atoms with Crippen LogP contribution in [0.2, 0.25) is 0 Å². The van der Waals surface area contributed by atoms with Crippen LogP contribution in [0, 0.1) is 20.8 Å². The lowest BCUT2D eigenvalue weighted by atomic mass is 10.3. The van der Waals surface area contributed by atoms with E-state index in [2.05, 4.69) is 36.1 Å². The van der Waals surface area contributed by atoms with Gasteiger partial charge in [0.05, 0.1) is 11.4 Å². The lowest BCUT2D eigenvalue weighted by Gasteiger charge is -2.36. The van der Waals surface area contributed by atoms with Crippen molar-refractivity contribution in [2.24, 2.45) is 0 Å². The number of nitrogens with zero attached hydrogens (tertiary/aromatic N) is 7. The minimum absolute atomic E-state index is 0.911. The van der Waals surface area contributed by atoms with Crippen molar-refractivity contribution in [2.45, 2.75) is 20.8 Å². The molecule has 7 heteroatoms. The van der Waals surface area contributed by atoms with Crippen LogP contribution in [0.25, 0.3) is 5.65 Å². The van der Waals surface area contributed by atoms with Crippen molar-refractivity contribution in [3.8, 4) is 0 Å². The van der Waals surface area contributed by atoms with Gasteiger partial charge < -0.3 is 9.80 Å². The van der Waals surface area contributed by atoms with Gasteiger partial charge in [-0.1, -0.05) is 0 Å². The second kappa shape index (κ2) is 5.74. The normalized spacial score (nSPS) is 15.3. The van der Waals surface area contributed by atoms with Gasteiger partial charge in [0.2, 0.25) is 0 Å². The van der Waals surface area contributed by atoms with E-state index in [1.165, 1.54) is 0 Å². The smallest absolute Gasteiger partial charge is 0.157 e. The van der Waals surface area contributed by atoms with E-state index >= 15 is 0 Å². The third-order valence-corrected chi connectivity index (χ3v) is 4.37.